The normalized spacial score (nSPS) is 14.9. The molecule has 1 aliphatic carbocycles. The summed E-state index contributed by atoms with van der Waals surface area (Å²) in [6, 6.07) is 5.17. The Kier molecular flexibility index (Phi) is 6.67. The molecule has 0 unspecified atom stereocenters. The fourth-order valence-corrected chi connectivity index (χ4v) is 5.18. The van der Waals surface area contributed by atoms with Crippen LogP contribution in [0.3, 0.4) is 0 Å². The van der Waals surface area contributed by atoms with Crippen molar-refractivity contribution in [2.24, 2.45) is 5.41 Å². The Morgan fingerprint density at radius 3 is 2.56 bits per heavy atom. The minimum Gasteiger partial charge on any atom is -0.347 e. The molecule has 1 fully saturated rings. The Bertz CT molecular complexity index is 1250. The lowest BCUT2D eigenvalue weighted by molar-refractivity contribution is -0.137. The predicted octanol–water partition coefficient (Wildman–Crippen LogP) is 7.07. The van der Waals surface area contributed by atoms with Crippen LogP contribution in [-0.4, -0.2) is 14.8 Å². The number of fused-ring (bicyclic) bond motifs is 1. The maximum absolute atomic E-state index is 15.4. The number of alkyl halides is 3. The Hall–Kier alpha value is -2.57. The van der Waals surface area contributed by atoms with Crippen molar-refractivity contribution in [1.82, 2.24) is 14.3 Å². The molecule has 0 spiro atoms. The van der Waals surface area contributed by atoms with Crippen molar-refractivity contribution in [3.05, 3.63) is 53.2 Å². The van der Waals surface area contributed by atoms with E-state index in [1.54, 1.807) is 18.0 Å². The van der Waals surface area contributed by atoms with Crippen molar-refractivity contribution in [1.29, 1.82) is 5.26 Å². The smallest absolute Gasteiger partial charge is 0.347 e. The molecule has 0 aliphatic heterocycles. The summed E-state index contributed by atoms with van der Waals surface area (Å²) in [5.41, 5.74) is -0.959. The number of pyridine rings is 1. The van der Waals surface area contributed by atoms with Crippen LogP contribution in [0.2, 0.25) is 0 Å². The molecule has 0 atom stereocenters. The number of benzene rings is 1. The molecular formula is C25H26F4N4S. The van der Waals surface area contributed by atoms with Crippen LogP contribution in [0.4, 0.5) is 17.6 Å². The molecule has 1 aliphatic rings. The third-order valence-corrected chi connectivity index (χ3v) is 7.01. The van der Waals surface area contributed by atoms with E-state index in [0.717, 1.165) is 17.8 Å². The van der Waals surface area contributed by atoms with Crippen molar-refractivity contribution in [3.63, 3.8) is 0 Å². The van der Waals surface area contributed by atoms with Gasteiger partial charge in [-0.1, -0.05) is 39.1 Å². The van der Waals surface area contributed by atoms with Gasteiger partial charge in [-0.05, 0) is 42.0 Å². The highest BCUT2D eigenvalue weighted by molar-refractivity contribution is 7.98. The summed E-state index contributed by atoms with van der Waals surface area (Å²) in [5.74, 6) is -0.816. The number of nitrogens with one attached hydrogen (secondary N) is 1. The quantitative estimate of drug-likeness (QED) is 0.297. The highest BCUT2D eigenvalue weighted by Crippen LogP contribution is 2.41. The topological polar surface area (TPSA) is 53.6 Å². The predicted molar refractivity (Wildman–Crippen MR) is 126 cm³/mol. The van der Waals surface area contributed by atoms with Crippen LogP contribution in [0.15, 0.2) is 30.6 Å². The first-order chi connectivity index (χ1) is 16.0. The fraction of sp³-hybridized carbons (Fsp3) is 0.440. The van der Waals surface area contributed by atoms with Crippen molar-refractivity contribution in [2.75, 3.05) is 0 Å². The van der Waals surface area contributed by atoms with Gasteiger partial charge in [0.2, 0.25) is 0 Å². The van der Waals surface area contributed by atoms with Crippen LogP contribution in [-0.2, 0) is 19.3 Å². The van der Waals surface area contributed by atoms with Crippen molar-refractivity contribution in [2.45, 2.75) is 64.5 Å². The van der Waals surface area contributed by atoms with E-state index in [0.29, 0.717) is 29.2 Å². The largest absolute Gasteiger partial charge is 0.417 e. The molecule has 4 nitrogen and oxygen atoms in total. The first-order valence-corrected chi connectivity index (χ1v) is 12.0. The third kappa shape index (κ3) is 5.08. The van der Waals surface area contributed by atoms with Crippen LogP contribution in [0.25, 0.3) is 22.0 Å². The van der Waals surface area contributed by atoms with Crippen LogP contribution >= 0.6 is 11.9 Å². The van der Waals surface area contributed by atoms with Gasteiger partial charge in [0.1, 0.15) is 17.6 Å². The molecular weight excluding hydrogens is 464 g/mol. The molecule has 3 aromatic rings. The molecule has 2 heterocycles. The van der Waals surface area contributed by atoms with E-state index in [4.69, 9.17) is 0 Å². The second kappa shape index (κ2) is 9.23. The summed E-state index contributed by atoms with van der Waals surface area (Å²) in [5, 5.41) is 10.7. The molecule has 0 bridgehead atoms. The molecule has 4 rings (SSSR count). The number of nitrogens with zero attached hydrogens (tertiary/aromatic N) is 3. The maximum Gasteiger partial charge on any atom is 0.417 e. The van der Waals surface area contributed by atoms with Gasteiger partial charge in [0.05, 0.1) is 5.56 Å². The zero-order chi connectivity index (χ0) is 24.7. The van der Waals surface area contributed by atoms with Gasteiger partial charge >= 0.3 is 6.18 Å². The minimum atomic E-state index is -4.76. The Morgan fingerprint density at radius 1 is 1.24 bits per heavy atom. The molecule has 0 saturated heterocycles. The van der Waals surface area contributed by atoms with Crippen LogP contribution in [0, 0.1) is 22.6 Å². The average Bonchev–Trinajstić information content (AvgIpc) is 3.02. The van der Waals surface area contributed by atoms with Crippen molar-refractivity contribution < 1.29 is 17.6 Å². The van der Waals surface area contributed by atoms with Crippen LogP contribution in [0.1, 0.15) is 56.9 Å². The van der Waals surface area contributed by atoms with Gasteiger partial charge in [0, 0.05) is 52.8 Å². The summed E-state index contributed by atoms with van der Waals surface area (Å²) in [4.78, 5) is 3.78. The monoisotopic (exact) mass is 490 g/mol. The minimum absolute atomic E-state index is 0.116. The van der Waals surface area contributed by atoms with Gasteiger partial charge in [-0.15, -0.1) is 0 Å². The van der Waals surface area contributed by atoms with E-state index in [9.17, 15) is 18.4 Å². The van der Waals surface area contributed by atoms with Gasteiger partial charge in [0.25, 0.3) is 0 Å². The van der Waals surface area contributed by atoms with E-state index < -0.39 is 28.8 Å². The lowest BCUT2D eigenvalue weighted by Crippen LogP contribution is -2.19. The van der Waals surface area contributed by atoms with Crippen molar-refractivity contribution in [3.8, 4) is 17.2 Å². The maximum atomic E-state index is 15.4. The summed E-state index contributed by atoms with van der Waals surface area (Å²) in [6.07, 6.45) is 1.69. The highest BCUT2D eigenvalue weighted by atomic mass is 32.2. The molecule has 9 heteroatoms. The zero-order valence-corrected chi connectivity index (χ0v) is 20.1. The van der Waals surface area contributed by atoms with Gasteiger partial charge in [-0.2, -0.15) is 18.4 Å². The lowest BCUT2D eigenvalue weighted by Gasteiger charge is -2.24. The van der Waals surface area contributed by atoms with E-state index in [-0.39, 0.29) is 11.0 Å². The molecule has 0 amide bonds. The molecule has 34 heavy (non-hydrogen) atoms. The van der Waals surface area contributed by atoms with Gasteiger partial charge < -0.3 is 4.57 Å². The molecule has 180 valence electrons. The molecule has 0 radical (unpaired) electrons. The first-order valence-electron chi connectivity index (χ1n) is 11.1. The second-order valence-corrected chi connectivity index (χ2v) is 11.1. The summed E-state index contributed by atoms with van der Waals surface area (Å²) in [7, 11) is 0. The Morgan fingerprint density at radius 2 is 1.97 bits per heavy atom. The summed E-state index contributed by atoms with van der Waals surface area (Å²) < 4.78 is 62.0. The van der Waals surface area contributed by atoms with Gasteiger partial charge in [-0.3, -0.25) is 4.72 Å². The van der Waals surface area contributed by atoms with Crippen molar-refractivity contribution >= 4 is 22.9 Å². The summed E-state index contributed by atoms with van der Waals surface area (Å²) >= 11 is 1.68. The van der Waals surface area contributed by atoms with Crippen LogP contribution < -0.4 is 4.72 Å². The van der Waals surface area contributed by atoms with E-state index in [1.807, 2.05) is 10.8 Å². The van der Waals surface area contributed by atoms with Gasteiger partial charge in [0.15, 0.2) is 0 Å². The second-order valence-electron chi connectivity index (χ2n) is 9.88. The van der Waals surface area contributed by atoms with Crippen LogP contribution in [0.5, 0.6) is 0 Å². The average molecular weight is 491 g/mol. The van der Waals surface area contributed by atoms with E-state index in [1.165, 1.54) is 31.4 Å². The van der Waals surface area contributed by atoms with E-state index in [2.05, 4.69) is 30.5 Å². The molecule has 1 saturated carbocycles. The third-order valence-electron chi connectivity index (χ3n) is 5.89. The summed E-state index contributed by atoms with van der Waals surface area (Å²) in [6.45, 7) is 7.28. The van der Waals surface area contributed by atoms with Gasteiger partial charge in [-0.25, -0.2) is 9.37 Å². The standard InChI is InChI=1S/C25H26F4N4S/c1-24(2,3)14-33-13-15(12-32-34-16-5-4-6-16)17-9-20(26)18(10-22(17)33)23-19(25(27,28)29)7-8-31-21(23)11-30/h7-10,13,16,32H,4-6,12,14H2,1-3H3. The SMILES string of the molecule is CC(C)(C)Cn1cc(CNSC2CCC2)c2cc(F)c(-c3c(C(F)(F)F)ccnc3C#N)cc21. The molecule has 1 aromatic carbocycles. The zero-order valence-electron chi connectivity index (χ0n) is 19.3. The molecule has 2 aromatic heterocycles. The lowest BCUT2D eigenvalue weighted by atomic mass is 9.95. The molecule has 1 N–H and O–H groups in total. The number of nitriles is 1. The number of hydrogen-bond acceptors (Lipinski definition) is 4. The number of halogens is 4. The number of hydrogen-bond donors (Lipinski definition) is 1. The Balaban J connectivity index is 1.85. The number of aromatic nitrogens is 2. The number of rotatable bonds is 6. The fourth-order valence-electron chi connectivity index (χ4n) is 4.14. The highest BCUT2D eigenvalue weighted by Gasteiger charge is 2.36. The van der Waals surface area contributed by atoms with E-state index >= 15 is 4.39 Å². The Labute approximate surface area is 200 Å². The first kappa shape index (κ1) is 24.6.